The van der Waals surface area contributed by atoms with Gasteiger partial charge in [-0.05, 0) is 24.0 Å². The van der Waals surface area contributed by atoms with Crippen molar-refractivity contribution in [3.63, 3.8) is 0 Å². The second-order valence-corrected chi connectivity index (χ2v) is 19.8. The number of hydrogen-bond donors (Lipinski definition) is 0. The maximum Gasteiger partial charge on any atom is -0.0238 e. The van der Waals surface area contributed by atoms with Crippen molar-refractivity contribution in [1.82, 2.24) is 9.13 Å². The minimum atomic E-state index is -1.14. The monoisotopic (exact) mass is 812 g/mol. The molecule has 0 N–H and O–H groups in total. The van der Waals surface area contributed by atoms with Gasteiger partial charge in [0.1, 0.15) is 0 Å². The zero-order chi connectivity index (χ0) is 37.7. The summed E-state index contributed by atoms with van der Waals surface area (Å²) in [6.07, 6.45) is 14.7. The second-order valence-electron chi connectivity index (χ2n) is 16.2. The minimum absolute atomic E-state index is 0.495. The van der Waals surface area contributed by atoms with Crippen LogP contribution in [0.2, 0.25) is 0 Å². The van der Waals surface area contributed by atoms with Gasteiger partial charge in [0.05, 0.1) is 0 Å². The molecule has 6 aromatic carbocycles. The molecule has 2 heterocycles. The van der Waals surface area contributed by atoms with Crippen LogP contribution >= 0.6 is 0 Å². The Morgan fingerprint density at radius 1 is 0.421 bits per heavy atom. The summed E-state index contributed by atoms with van der Waals surface area (Å²) in [6.45, 7) is 0. The number of hydrogen-bond acceptors (Lipinski definition) is 0. The molecule has 0 saturated heterocycles. The van der Waals surface area contributed by atoms with E-state index in [1.165, 1.54) is 82.6 Å². The molecule has 0 saturated carbocycles. The molecule has 0 bridgehead atoms. The number of para-hydroxylation sites is 2. The van der Waals surface area contributed by atoms with E-state index in [4.69, 9.17) is 0 Å². The Hall–Kier alpha value is -5.24. The van der Waals surface area contributed by atoms with Crippen LogP contribution in [0.4, 0.5) is 0 Å². The van der Waals surface area contributed by atoms with Crippen LogP contribution in [0.5, 0.6) is 0 Å². The molecule has 2 atom stereocenters. The van der Waals surface area contributed by atoms with Gasteiger partial charge in [-0.1, -0.05) is 60.7 Å². The first kappa shape index (κ1) is 35.0. The van der Waals surface area contributed by atoms with E-state index in [-0.39, 0.29) is 0 Å². The van der Waals surface area contributed by atoms with Crippen molar-refractivity contribution in [1.29, 1.82) is 0 Å². The third-order valence-electron chi connectivity index (χ3n) is 12.9. The average Bonchev–Trinajstić information content (AvgIpc) is 4.13. The number of nitrogens with zero attached hydrogens (tertiary/aromatic N) is 2. The van der Waals surface area contributed by atoms with Crippen molar-refractivity contribution in [3.8, 4) is 0 Å². The van der Waals surface area contributed by atoms with Crippen LogP contribution in [-0.4, -0.2) is 9.13 Å². The van der Waals surface area contributed by atoms with E-state index in [1.54, 1.807) is 45.0 Å². The second kappa shape index (κ2) is 14.9. The summed E-state index contributed by atoms with van der Waals surface area (Å²) >= 11 is -1.14. The summed E-state index contributed by atoms with van der Waals surface area (Å²) in [6, 6.07) is 58.2. The fraction of sp³-hybridized carbons (Fsp3) is 0.185. The molecule has 3 heteroatoms. The molecule has 0 amide bonds. The number of aromatic nitrogens is 2. The van der Waals surface area contributed by atoms with Gasteiger partial charge in [-0.3, -0.25) is 0 Å². The Kier molecular flexibility index (Phi) is 9.16. The van der Waals surface area contributed by atoms with Crippen molar-refractivity contribution in [2.45, 2.75) is 58.6 Å². The Labute approximate surface area is 347 Å². The van der Waals surface area contributed by atoms with Gasteiger partial charge in [0.25, 0.3) is 0 Å². The molecule has 12 rings (SSSR count). The SMILES string of the molecule is C1=C(n2c3c(c4ccccc42)CCC3)[CH]([Zr][CH]2C(n3c4c(c5ccccc53)CCC4)=Cc3ccccc32)c2ccccc21.c1ccc(CCc2ccccc2)cc1. The molecule has 2 aromatic heterocycles. The molecule has 8 aromatic rings. The van der Waals surface area contributed by atoms with Crippen molar-refractivity contribution in [2.24, 2.45) is 0 Å². The fourth-order valence-electron chi connectivity index (χ4n) is 10.4. The average molecular weight is 814 g/mol. The number of benzene rings is 6. The van der Waals surface area contributed by atoms with Crippen LogP contribution in [0, 0.1) is 0 Å². The summed E-state index contributed by atoms with van der Waals surface area (Å²) in [5.74, 6) is 0. The molecule has 276 valence electrons. The molecule has 2 nitrogen and oxygen atoms in total. The first-order chi connectivity index (χ1) is 28.3. The third-order valence-corrected chi connectivity index (χ3v) is 17.5. The summed E-state index contributed by atoms with van der Waals surface area (Å²) in [5, 5.41) is 2.94. The Morgan fingerprint density at radius 2 is 0.825 bits per heavy atom. The van der Waals surface area contributed by atoms with Gasteiger partial charge in [-0.15, -0.1) is 0 Å². The normalized spacial score (nSPS) is 17.4. The van der Waals surface area contributed by atoms with Crippen molar-refractivity contribution >= 4 is 45.4 Å². The van der Waals surface area contributed by atoms with Crippen LogP contribution in [0.1, 0.15) is 76.0 Å². The quantitative estimate of drug-likeness (QED) is 0.152. The molecule has 4 aliphatic carbocycles. The number of rotatable bonds is 7. The van der Waals surface area contributed by atoms with E-state index < -0.39 is 23.2 Å². The topological polar surface area (TPSA) is 9.86 Å². The van der Waals surface area contributed by atoms with E-state index >= 15 is 0 Å². The Bertz CT molecular complexity index is 2640. The van der Waals surface area contributed by atoms with E-state index in [0.29, 0.717) is 7.25 Å². The smallest absolute Gasteiger partial charge is 0.0238 e. The van der Waals surface area contributed by atoms with Crippen molar-refractivity contribution in [2.75, 3.05) is 0 Å². The van der Waals surface area contributed by atoms with E-state index in [0.717, 1.165) is 12.8 Å². The molecule has 2 unspecified atom stereocenters. The molecule has 0 spiro atoms. The summed E-state index contributed by atoms with van der Waals surface area (Å²) in [5.41, 5.74) is 21.0. The van der Waals surface area contributed by atoms with Gasteiger partial charge in [-0.2, -0.15) is 0 Å². The molecule has 4 aliphatic rings. The summed E-state index contributed by atoms with van der Waals surface area (Å²) in [4.78, 5) is 0. The fourth-order valence-corrected chi connectivity index (χ4v) is 15.2. The largest absolute Gasteiger partial charge is 0.0622 e. The molecule has 0 radical (unpaired) electrons. The number of fused-ring (bicyclic) bond motifs is 8. The minimum Gasteiger partial charge on any atom is -0.0622 e. The van der Waals surface area contributed by atoms with Gasteiger partial charge < -0.3 is 0 Å². The standard InChI is InChI=1S/2C20H16N.C14H14.Zr/c2*1-2-7-15-13-16(12-14(15)6-1)21-19-10-4-3-8-17(19)18-9-5-11-20(18)21;1-3-7-13(8-4-1)11-12-14-9-5-2-6-10-14;/h2*1-4,6-8,10,12-13H,5,9,11H2;1-10H,11-12H2;. The summed E-state index contributed by atoms with van der Waals surface area (Å²) < 4.78 is 6.43. The van der Waals surface area contributed by atoms with Crippen LogP contribution in [0.3, 0.4) is 0 Å². The summed E-state index contributed by atoms with van der Waals surface area (Å²) in [7, 11) is 0. The molecule has 0 aliphatic heterocycles. The van der Waals surface area contributed by atoms with E-state index in [1.807, 2.05) is 0 Å². The van der Waals surface area contributed by atoms with Gasteiger partial charge >= 0.3 is 265 Å². The molecule has 0 fully saturated rings. The van der Waals surface area contributed by atoms with Crippen LogP contribution in [0.15, 0.2) is 158 Å². The van der Waals surface area contributed by atoms with Gasteiger partial charge in [0.2, 0.25) is 0 Å². The van der Waals surface area contributed by atoms with Gasteiger partial charge in [0.15, 0.2) is 0 Å². The predicted octanol–water partition coefficient (Wildman–Crippen LogP) is 12.9. The third kappa shape index (κ3) is 6.18. The van der Waals surface area contributed by atoms with E-state index in [9.17, 15) is 0 Å². The maximum absolute atomic E-state index is 2.72. The Balaban J connectivity index is 0.000000227. The first-order valence-electron chi connectivity index (χ1n) is 21.0. The molecular formula is C54H46N2Zr. The maximum atomic E-state index is 2.72. The predicted molar refractivity (Wildman–Crippen MR) is 235 cm³/mol. The van der Waals surface area contributed by atoms with Crippen LogP contribution < -0.4 is 0 Å². The van der Waals surface area contributed by atoms with Crippen molar-refractivity contribution in [3.05, 3.63) is 214 Å². The molecule has 57 heavy (non-hydrogen) atoms. The van der Waals surface area contributed by atoms with E-state index in [2.05, 4.69) is 179 Å². The van der Waals surface area contributed by atoms with Crippen molar-refractivity contribution < 1.29 is 23.2 Å². The number of aryl methyl sites for hydroxylation is 4. The number of allylic oxidation sites excluding steroid dienone is 2. The van der Waals surface area contributed by atoms with Crippen LogP contribution in [0.25, 0.3) is 45.4 Å². The zero-order valence-electron chi connectivity index (χ0n) is 32.4. The van der Waals surface area contributed by atoms with Gasteiger partial charge in [0, 0.05) is 0 Å². The zero-order valence-corrected chi connectivity index (χ0v) is 34.8. The van der Waals surface area contributed by atoms with Gasteiger partial charge in [-0.25, -0.2) is 0 Å². The Morgan fingerprint density at radius 3 is 1.30 bits per heavy atom. The first-order valence-corrected chi connectivity index (χ1v) is 23.8. The van der Waals surface area contributed by atoms with Crippen LogP contribution in [-0.2, 0) is 61.8 Å². The molecular weight excluding hydrogens is 768 g/mol.